The molecular formula is C13H14N2O3. The molecular weight excluding hydrogens is 232 g/mol. The lowest BCUT2D eigenvalue weighted by molar-refractivity contribution is 0.0801. The molecule has 2 N–H and O–H groups in total. The third-order valence-corrected chi connectivity index (χ3v) is 3.31. The van der Waals surface area contributed by atoms with E-state index in [-0.39, 0.29) is 5.92 Å². The van der Waals surface area contributed by atoms with Crippen molar-refractivity contribution in [3.05, 3.63) is 29.7 Å². The average molecular weight is 246 g/mol. The Labute approximate surface area is 104 Å². The second-order valence-electron chi connectivity index (χ2n) is 4.44. The van der Waals surface area contributed by atoms with Gasteiger partial charge in [0, 0.05) is 25.3 Å². The molecule has 1 saturated heterocycles. The molecule has 0 unspecified atom stereocenters. The second-order valence-corrected chi connectivity index (χ2v) is 4.44. The SMILES string of the molecule is NC(=O)c1c(C2CCOCC2)oc2cccnc12. The monoisotopic (exact) mass is 246 g/mol. The summed E-state index contributed by atoms with van der Waals surface area (Å²) in [4.78, 5) is 15.8. The number of hydrogen-bond acceptors (Lipinski definition) is 4. The van der Waals surface area contributed by atoms with Crippen LogP contribution in [0, 0.1) is 0 Å². The largest absolute Gasteiger partial charge is 0.458 e. The highest BCUT2D eigenvalue weighted by Gasteiger charge is 2.27. The molecule has 0 spiro atoms. The number of pyridine rings is 1. The van der Waals surface area contributed by atoms with E-state index in [9.17, 15) is 4.79 Å². The zero-order valence-electron chi connectivity index (χ0n) is 9.89. The predicted molar refractivity (Wildman–Crippen MR) is 65.3 cm³/mol. The van der Waals surface area contributed by atoms with Gasteiger partial charge in [0.25, 0.3) is 5.91 Å². The van der Waals surface area contributed by atoms with Crippen molar-refractivity contribution in [2.45, 2.75) is 18.8 Å². The van der Waals surface area contributed by atoms with Crippen LogP contribution in [0.1, 0.15) is 34.9 Å². The van der Waals surface area contributed by atoms with Crippen LogP contribution in [0.2, 0.25) is 0 Å². The van der Waals surface area contributed by atoms with E-state index in [1.807, 2.05) is 0 Å². The van der Waals surface area contributed by atoms with E-state index in [0.29, 0.717) is 35.6 Å². The molecule has 2 aromatic heterocycles. The first-order valence-corrected chi connectivity index (χ1v) is 6.02. The number of carbonyl (C=O) groups excluding carboxylic acids is 1. The Hall–Kier alpha value is -1.88. The molecule has 0 saturated carbocycles. The number of furan rings is 1. The summed E-state index contributed by atoms with van der Waals surface area (Å²) < 4.78 is 11.1. The number of carbonyl (C=O) groups is 1. The maximum atomic E-state index is 11.6. The number of fused-ring (bicyclic) bond motifs is 1. The van der Waals surface area contributed by atoms with E-state index in [1.165, 1.54) is 0 Å². The summed E-state index contributed by atoms with van der Waals surface area (Å²) in [6.45, 7) is 1.38. The van der Waals surface area contributed by atoms with Gasteiger partial charge in [0.1, 0.15) is 16.8 Å². The van der Waals surface area contributed by atoms with Crippen molar-refractivity contribution in [3.63, 3.8) is 0 Å². The summed E-state index contributed by atoms with van der Waals surface area (Å²) in [7, 11) is 0. The molecule has 0 radical (unpaired) electrons. The molecule has 5 nitrogen and oxygen atoms in total. The van der Waals surface area contributed by atoms with E-state index >= 15 is 0 Å². The van der Waals surface area contributed by atoms with Crippen molar-refractivity contribution < 1.29 is 13.9 Å². The van der Waals surface area contributed by atoms with E-state index in [1.54, 1.807) is 18.3 Å². The minimum absolute atomic E-state index is 0.190. The fourth-order valence-corrected chi connectivity index (χ4v) is 2.43. The lowest BCUT2D eigenvalue weighted by Crippen LogP contribution is -2.18. The predicted octanol–water partition coefficient (Wildman–Crippen LogP) is 1.82. The molecule has 94 valence electrons. The number of ether oxygens (including phenoxy) is 1. The van der Waals surface area contributed by atoms with Gasteiger partial charge in [0.15, 0.2) is 5.58 Å². The maximum absolute atomic E-state index is 11.6. The molecule has 3 heterocycles. The van der Waals surface area contributed by atoms with E-state index < -0.39 is 5.91 Å². The summed E-state index contributed by atoms with van der Waals surface area (Å²) in [6, 6.07) is 3.59. The number of nitrogens with zero attached hydrogens (tertiary/aromatic N) is 1. The van der Waals surface area contributed by atoms with Crippen LogP contribution in [0.4, 0.5) is 0 Å². The van der Waals surface area contributed by atoms with Crippen molar-refractivity contribution in [2.24, 2.45) is 5.73 Å². The topological polar surface area (TPSA) is 78.4 Å². The Morgan fingerprint density at radius 1 is 1.39 bits per heavy atom. The fourth-order valence-electron chi connectivity index (χ4n) is 2.43. The molecule has 1 fully saturated rings. The first-order chi connectivity index (χ1) is 8.77. The third-order valence-electron chi connectivity index (χ3n) is 3.31. The quantitative estimate of drug-likeness (QED) is 0.876. The Morgan fingerprint density at radius 3 is 2.89 bits per heavy atom. The van der Waals surface area contributed by atoms with Crippen LogP contribution in [-0.2, 0) is 4.74 Å². The smallest absolute Gasteiger partial charge is 0.254 e. The number of hydrogen-bond donors (Lipinski definition) is 1. The van der Waals surface area contributed by atoms with Crippen LogP contribution in [0.3, 0.4) is 0 Å². The third kappa shape index (κ3) is 1.76. The lowest BCUT2D eigenvalue weighted by atomic mass is 9.94. The summed E-state index contributed by atoms with van der Waals surface area (Å²) in [5.74, 6) is 0.379. The summed E-state index contributed by atoms with van der Waals surface area (Å²) in [5.41, 5.74) is 7.07. The number of rotatable bonds is 2. The van der Waals surface area contributed by atoms with Crippen molar-refractivity contribution in [3.8, 4) is 0 Å². The van der Waals surface area contributed by atoms with Gasteiger partial charge in [-0.25, -0.2) is 0 Å². The Bertz CT molecular complexity index is 585. The molecule has 18 heavy (non-hydrogen) atoms. The number of primary amides is 1. The zero-order valence-corrected chi connectivity index (χ0v) is 9.89. The van der Waals surface area contributed by atoms with Crippen LogP contribution < -0.4 is 5.73 Å². The normalized spacial score (nSPS) is 17.1. The van der Waals surface area contributed by atoms with Gasteiger partial charge in [-0.05, 0) is 25.0 Å². The van der Waals surface area contributed by atoms with E-state index in [4.69, 9.17) is 14.9 Å². The second kappa shape index (κ2) is 4.42. The first kappa shape index (κ1) is 11.2. The summed E-state index contributed by atoms with van der Waals surface area (Å²) in [6.07, 6.45) is 3.33. The highest BCUT2D eigenvalue weighted by Crippen LogP contribution is 2.34. The van der Waals surface area contributed by atoms with Crippen molar-refractivity contribution in [2.75, 3.05) is 13.2 Å². The standard InChI is InChI=1S/C13H14N2O3/c14-13(16)10-11-9(2-1-5-15-11)18-12(10)8-3-6-17-7-4-8/h1-2,5,8H,3-4,6-7H2,(H2,14,16). The minimum atomic E-state index is -0.478. The van der Waals surface area contributed by atoms with Crippen LogP contribution >= 0.6 is 0 Å². The molecule has 1 amide bonds. The van der Waals surface area contributed by atoms with Crippen LogP contribution in [-0.4, -0.2) is 24.1 Å². The molecule has 2 aromatic rings. The molecule has 0 bridgehead atoms. The Kier molecular flexibility index (Phi) is 2.76. The maximum Gasteiger partial charge on any atom is 0.254 e. The zero-order chi connectivity index (χ0) is 12.5. The van der Waals surface area contributed by atoms with E-state index in [2.05, 4.69) is 4.98 Å². The first-order valence-electron chi connectivity index (χ1n) is 6.02. The van der Waals surface area contributed by atoms with Gasteiger partial charge in [0.2, 0.25) is 0 Å². The highest BCUT2D eigenvalue weighted by atomic mass is 16.5. The fraction of sp³-hybridized carbons (Fsp3) is 0.385. The van der Waals surface area contributed by atoms with Crippen molar-refractivity contribution in [1.29, 1.82) is 0 Å². The van der Waals surface area contributed by atoms with Gasteiger partial charge in [-0.3, -0.25) is 9.78 Å². The summed E-state index contributed by atoms with van der Waals surface area (Å²) >= 11 is 0. The minimum Gasteiger partial charge on any atom is -0.458 e. The van der Waals surface area contributed by atoms with Crippen molar-refractivity contribution >= 4 is 17.0 Å². The van der Waals surface area contributed by atoms with Gasteiger partial charge in [0.05, 0.1) is 0 Å². The molecule has 0 aromatic carbocycles. The van der Waals surface area contributed by atoms with Gasteiger partial charge >= 0.3 is 0 Å². The van der Waals surface area contributed by atoms with Gasteiger partial charge in [-0.2, -0.15) is 0 Å². The Morgan fingerprint density at radius 2 is 2.17 bits per heavy atom. The van der Waals surface area contributed by atoms with Gasteiger partial charge < -0.3 is 14.9 Å². The molecule has 1 aliphatic rings. The highest BCUT2D eigenvalue weighted by molar-refractivity contribution is 6.05. The van der Waals surface area contributed by atoms with Crippen LogP contribution in [0.25, 0.3) is 11.1 Å². The van der Waals surface area contributed by atoms with E-state index in [0.717, 1.165) is 12.8 Å². The molecule has 0 aliphatic carbocycles. The van der Waals surface area contributed by atoms with Crippen LogP contribution in [0.5, 0.6) is 0 Å². The lowest BCUT2D eigenvalue weighted by Gasteiger charge is -2.20. The number of amides is 1. The molecule has 1 aliphatic heterocycles. The number of aromatic nitrogens is 1. The summed E-state index contributed by atoms with van der Waals surface area (Å²) in [5, 5.41) is 0. The Balaban J connectivity index is 2.14. The van der Waals surface area contributed by atoms with Crippen molar-refractivity contribution in [1.82, 2.24) is 4.98 Å². The molecule has 5 heteroatoms. The van der Waals surface area contributed by atoms with Gasteiger partial charge in [-0.1, -0.05) is 0 Å². The van der Waals surface area contributed by atoms with Crippen LogP contribution in [0.15, 0.2) is 22.7 Å². The average Bonchev–Trinajstić information content (AvgIpc) is 2.79. The number of nitrogens with two attached hydrogens (primary N) is 1. The molecule has 3 rings (SSSR count). The molecule has 0 atom stereocenters. The van der Waals surface area contributed by atoms with Gasteiger partial charge in [-0.15, -0.1) is 0 Å².